The molecule has 0 aliphatic carbocycles. The minimum atomic E-state index is -1.05. The molecular weight excluding hydrogens is 340 g/mol. The van der Waals surface area contributed by atoms with E-state index in [1.54, 1.807) is 23.5 Å². The fraction of sp³-hybridized carbons (Fsp3) is 0.389. The minimum absolute atomic E-state index is 0.326. The lowest BCUT2D eigenvalue weighted by Crippen LogP contribution is -2.52. The van der Waals surface area contributed by atoms with E-state index < -0.39 is 18.1 Å². The molecular formula is C18H20N2O4S. The third-order valence-corrected chi connectivity index (χ3v) is 5.18. The van der Waals surface area contributed by atoms with Gasteiger partial charge in [-0.2, -0.15) is 0 Å². The van der Waals surface area contributed by atoms with E-state index in [0.29, 0.717) is 17.9 Å². The van der Waals surface area contributed by atoms with E-state index >= 15 is 0 Å². The molecule has 0 radical (unpaired) electrons. The molecule has 2 unspecified atom stereocenters. The van der Waals surface area contributed by atoms with Crippen LogP contribution in [0, 0.1) is 13.8 Å². The SMILES string of the molecule is CCC1Oc2ccc(-c3nc(C)sc3C)cc2N(C(C)C(=O)O)C1=O. The number of aliphatic carboxylic acids is 1. The fourth-order valence-electron chi connectivity index (χ4n) is 2.99. The predicted molar refractivity (Wildman–Crippen MR) is 96.3 cm³/mol. The van der Waals surface area contributed by atoms with Gasteiger partial charge in [0.15, 0.2) is 6.10 Å². The summed E-state index contributed by atoms with van der Waals surface area (Å²) in [5, 5.41) is 10.4. The van der Waals surface area contributed by atoms with Gasteiger partial charge in [0.05, 0.1) is 16.4 Å². The van der Waals surface area contributed by atoms with Gasteiger partial charge in [0.2, 0.25) is 0 Å². The lowest BCUT2D eigenvalue weighted by molar-refractivity contribution is -0.140. The monoisotopic (exact) mass is 360 g/mol. The molecule has 2 heterocycles. The summed E-state index contributed by atoms with van der Waals surface area (Å²) in [6.45, 7) is 7.28. The van der Waals surface area contributed by atoms with Crippen LogP contribution in [0.5, 0.6) is 5.75 Å². The number of benzene rings is 1. The Morgan fingerprint density at radius 3 is 2.72 bits per heavy atom. The van der Waals surface area contributed by atoms with Crippen molar-refractivity contribution in [2.45, 2.75) is 46.3 Å². The van der Waals surface area contributed by atoms with Crippen LogP contribution >= 0.6 is 11.3 Å². The summed E-state index contributed by atoms with van der Waals surface area (Å²) in [6.07, 6.45) is -0.184. The van der Waals surface area contributed by atoms with Gasteiger partial charge in [-0.25, -0.2) is 9.78 Å². The summed E-state index contributed by atoms with van der Waals surface area (Å²) in [5.74, 6) is -0.858. The van der Waals surface area contributed by atoms with Crippen molar-refractivity contribution >= 4 is 28.9 Å². The Morgan fingerprint density at radius 2 is 2.16 bits per heavy atom. The standard InChI is InChI=1S/C18H20N2O4S/c1-5-14-17(21)20(9(2)18(22)23)13-8-12(6-7-15(13)24-14)16-10(3)25-11(4)19-16/h6-9,14H,5H2,1-4H3,(H,22,23). The molecule has 7 heteroatoms. The van der Waals surface area contributed by atoms with Crippen LogP contribution in [-0.2, 0) is 9.59 Å². The lowest BCUT2D eigenvalue weighted by Gasteiger charge is -2.36. The highest BCUT2D eigenvalue weighted by molar-refractivity contribution is 7.11. The summed E-state index contributed by atoms with van der Waals surface area (Å²) < 4.78 is 5.78. The van der Waals surface area contributed by atoms with Crippen LogP contribution in [0.1, 0.15) is 30.2 Å². The molecule has 0 spiro atoms. The maximum Gasteiger partial charge on any atom is 0.326 e. The van der Waals surface area contributed by atoms with E-state index in [-0.39, 0.29) is 5.91 Å². The zero-order chi connectivity index (χ0) is 18.3. The average Bonchev–Trinajstić information content (AvgIpc) is 2.91. The number of ether oxygens (including phenoxy) is 1. The Labute approximate surface area is 150 Å². The Kier molecular flexibility index (Phi) is 4.51. The summed E-state index contributed by atoms with van der Waals surface area (Å²) in [7, 11) is 0. The fourth-order valence-corrected chi connectivity index (χ4v) is 3.83. The van der Waals surface area contributed by atoms with Gasteiger partial charge in [0.1, 0.15) is 11.8 Å². The van der Waals surface area contributed by atoms with E-state index in [1.165, 1.54) is 11.8 Å². The molecule has 1 aromatic carbocycles. The van der Waals surface area contributed by atoms with Crippen molar-refractivity contribution in [3.8, 4) is 17.0 Å². The summed E-state index contributed by atoms with van der Waals surface area (Å²) >= 11 is 1.60. The lowest BCUT2D eigenvalue weighted by atomic mass is 10.0. The number of aryl methyl sites for hydroxylation is 2. The topological polar surface area (TPSA) is 79.7 Å². The third-order valence-electron chi connectivity index (χ3n) is 4.29. The van der Waals surface area contributed by atoms with Gasteiger partial charge >= 0.3 is 5.97 Å². The van der Waals surface area contributed by atoms with Crippen LogP contribution in [-0.4, -0.2) is 34.1 Å². The van der Waals surface area contributed by atoms with Crippen LogP contribution in [0.25, 0.3) is 11.3 Å². The van der Waals surface area contributed by atoms with Gasteiger partial charge < -0.3 is 9.84 Å². The Morgan fingerprint density at radius 1 is 1.44 bits per heavy atom. The van der Waals surface area contributed by atoms with Crippen LogP contribution in [0.2, 0.25) is 0 Å². The van der Waals surface area contributed by atoms with Crippen LogP contribution in [0.15, 0.2) is 18.2 Å². The number of thiazole rings is 1. The first-order chi connectivity index (χ1) is 11.8. The molecule has 3 rings (SSSR count). The highest BCUT2D eigenvalue weighted by atomic mass is 32.1. The number of amides is 1. The number of rotatable bonds is 4. The molecule has 1 aliphatic rings. The minimum Gasteiger partial charge on any atom is -0.480 e. The van der Waals surface area contributed by atoms with Gasteiger partial charge in [-0.05, 0) is 45.4 Å². The van der Waals surface area contributed by atoms with Crippen molar-refractivity contribution in [2.24, 2.45) is 0 Å². The van der Waals surface area contributed by atoms with Crippen LogP contribution in [0.3, 0.4) is 0 Å². The van der Waals surface area contributed by atoms with Crippen LogP contribution < -0.4 is 9.64 Å². The number of nitrogens with zero attached hydrogens (tertiary/aromatic N) is 2. The molecule has 1 aromatic heterocycles. The number of hydrogen-bond donors (Lipinski definition) is 1. The normalized spacial score (nSPS) is 17.8. The molecule has 0 bridgehead atoms. The maximum absolute atomic E-state index is 12.7. The highest BCUT2D eigenvalue weighted by Gasteiger charge is 2.38. The largest absolute Gasteiger partial charge is 0.480 e. The average molecular weight is 360 g/mol. The molecule has 1 aliphatic heterocycles. The van der Waals surface area contributed by atoms with E-state index in [9.17, 15) is 14.7 Å². The number of carbonyl (C=O) groups is 2. The molecule has 0 saturated carbocycles. The number of aromatic nitrogens is 1. The van der Waals surface area contributed by atoms with E-state index in [0.717, 1.165) is 21.1 Å². The molecule has 25 heavy (non-hydrogen) atoms. The van der Waals surface area contributed by atoms with Crippen molar-refractivity contribution in [3.05, 3.63) is 28.1 Å². The van der Waals surface area contributed by atoms with Gasteiger partial charge in [-0.3, -0.25) is 9.69 Å². The Balaban J connectivity index is 2.13. The summed E-state index contributed by atoms with van der Waals surface area (Å²) in [4.78, 5) is 31.2. The van der Waals surface area contributed by atoms with Gasteiger partial charge in [-0.1, -0.05) is 6.92 Å². The van der Waals surface area contributed by atoms with Crippen molar-refractivity contribution in [3.63, 3.8) is 0 Å². The first-order valence-corrected chi connectivity index (χ1v) is 8.96. The first-order valence-electron chi connectivity index (χ1n) is 8.14. The van der Waals surface area contributed by atoms with Gasteiger partial charge in [0, 0.05) is 10.4 Å². The van der Waals surface area contributed by atoms with Crippen molar-refractivity contribution < 1.29 is 19.4 Å². The van der Waals surface area contributed by atoms with E-state index in [4.69, 9.17) is 4.74 Å². The third kappa shape index (κ3) is 3.00. The summed E-state index contributed by atoms with van der Waals surface area (Å²) in [5.41, 5.74) is 2.17. The first kappa shape index (κ1) is 17.4. The smallest absolute Gasteiger partial charge is 0.326 e. The van der Waals surface area contributed by atoms with Gasteiger partial charge in [0.25, 0.3) is 5.91 Å². The molecule has 2 atom stereocenters. The Bertz CT molecular complexity index is 846. The molecule has 0 fully saturated rings. The molecule has 2 aromatic rings. The second kappa shape index (κ2) is 6.48. The number of anilines is 1. The zero-order valence-electron chi connectivity index (χ0n) is 14.6. The highest BCUT2D eigenvalue weighted by Crippen LogP contribution is 2.40. The quantitative estimate of drug-likeness (QED) is 0.904. The molecule has 132 valence electrons. The number of carboxylic acids is 1. The van der Waals surface area contributed by atoms with Crippen molar-refractivity contribution in [1.82, 2.24) is 4.98 Å². The molecule has 1 N–H and O–H groups in total. The number of carbonyl (C=O) groups excluding carboxylic acids is 1. The maximum atomic E-state index is 12.7. The van der Waals surface area contributed by atoms with E-state index in [1.807, 2.05) is 26.8 Å². The van der Waals surface area contributed by atoms with Crippen molar-refractivity contribution in [2.75, 3.05) is 4.90 Å². The van der Waals surface area contributed by atoms with Gasteiger partial charge in [-0.15, -0.1) is 11.3 Å². The second-order valence-corrected chi connectivity index (χ2v) is 7.46. The number of hydrogen-bond acceptors (Lipinski definition) is 5. The zero-order valence-corrected chi connectivity index (χ0v) is 15.4. The predicted octanol–water partition coefficient (Wildman–Crippen LogP) is 3.40. The number of fused-ring (bicyclic) bond motifs is 1. The Hall–Kier alpha value is -2.41. The number of carboxylic acid groups (broad SMARTS) is 1. The molecule has 0 saturated heterocycles. The van der Waals surface area contributed by atoms with E-state index in [2.05, 4.69) is 4.98 Å². The molecule has 1 amide bonds. The summed E-state index contributed by atoms with van der Waals surface area (Å²) in [6, 6.07) is 4.50. The molecule has 6 nitrogen and oxygen atoms in total. The van der Waals surface area contributed by atoms with Crippen molar-refractivity contribution in [1.29, 1.82) is 0 Å². The van der Waals surface area contributed by atoms with Crippen LogP contribution in [0.4, 0.5) is 5.69 Å². The second-order valence-electron chi connectivity index (χ2n) is 6.06.